The van der Waals surface area contributed by atoms with Crippen molar-refractivity contribution in [1.82, 2.24) is 9.21 Å². The topological polar surface area (TPSA) is 69.7 Å². The van der Waals surface area contributed by atoms with Gasteiger partial charge < -0.3 is 5.32 Å². The summed E-state index contributed by atoms with van der Waals surface area (Å²) in [5.74, 6) is -0.291. The van der Waals surface area contributed by atoms with Crippen molar-refractivity contribution in [2.24, 2.45) is 0 Å². The van der Waals surface area contributed by atoms with E-state index in [0.717, 1.165) is 28.9 Å². The number of amides is 1. The quantitative estimate of drug-likeness (QED) is 0.760. The van der Waals surface area contributed by atoms with E-state index in [1.807, 2.05) is 30.0 Å². The summed E-state index contributed by atoms with van der Waals surface area (Å²) in [7, 11) is -3.66. The van der Waals surface area contributed by atoms with E-state index in [1.165, 1.54) is 16.4 Å². The molecule has 162 valence electrons. The fourth-order valence-corrected chi connectivity index (χ4v) is 5.03. The largest absolute Gasteiger partial charge is 0.324 e. The lowest BCUT2D eigenvalue weighted by atomic mass is 9.98. The molecule has 6 nitrogen and oxygen atoms in total. The zero-order valence-electron chi connectivity index (χ0n) is 17.6. The minimum atomic E-state index is -3.66. The third-order valence-electron chi connectivity index (χ3n) is 5.34. The Bertz CT molecular complexity index is 999. The lowest BCUT2D eigenvalue weighted by Crippen LogP contribution is -2.50. The Morgan fingerprint density at radius 2 is 1.70 bits per heavy atom. The van der Waals surface area contributed by atoms with E-state index in [9.17, 15) is 17.6 Å². The predicted octanol–water partition coefficient (Wildman–Crippen LogP) is 3.20. The van der Waals surface area contributed by atoms with Gasteiger partial charge in [-0.1, -0.05) is 32.0 Å². The van der Waals surface area contributed by atoms with Gasteiger partial charge in [-0.05, 0) is 48.2 Å². The SMILES string of the molecule is Cc1cccc(C(C)C)c1NC(=O)CN1CCN(S(=O)(=O)c2ccc(F)cc2)CC1. The molecule has 0 bridgehead atoms. The predicted molar refractivity (Wildman–Crippen MR) is 115 cm³/mol. The van der Waals surface area contributed by atoms with Gasteiger partial charge in [0.15, 0.2) is 0 Å². The molecule has 0 aromatic heterocycles. The normalized spacial score (nSPS) is 16.0. The molecule has 1 saturated heterocycles. The number of halogens is 1. The van der Waals surface area contributed by atoms with Crippen molar-refractivity contribution < 1.29 is 17.6 Å². The molecule has 1 fully saturated rings. The van der Waals surface area contributed by atoms with Crippen LogP contribution in [0.25, 0.3) is 0 Å². The van der Waals surface area contributed by atoms with Crippen molar-refractivity contribution in [2.45, 2.75) is 31.6 Å². The van der Waals surface area contributed by atoms with Gasteiger partial charge in [0.25, 0.3) is 0 Å². The Balaban J connectivity index is 1.59. The second-order valence-corrected chi connectivity index (χ2v) is 9.81. The number of hydrogen-bond acceptors (Lipinski definition) is 4. The number of para-hydroxylation sites is 1. The molecule has 0 atom stereocenters. The van der Waals surface area contributed by atoms with Crippen LogP contribution in [0.4, 0.5) is 10.1 Å². The smallest absolute Gasteiger partial charge is 0.243 e. The molecule has 1 heterocycles. The maximum absolute atomic E-state index is 13.1. The number of sulfonamides is 1. The van der Waals surface area contributed by atoms with Crippen molar-refractivity contribution >= 4 is 21.6 Å². The highest BCUT2D eigenvalue weighted by Gasteiger charge is 2.29. The van der Waals surface area contributed by atoms with Crippen LogP contribution in [0, 0.1) is 12.7 Å². The molecule has 1 aliphatic rings. The van der Waals surface area contributed by atoms with Gasteiger partial charge in [-0.15, -0.1) is 0 Å². The molecule has 2 aromatic rings. The van der Waals surface area contributed by atoms with Crippen molar-refractivity contribution in [2.75, 3.05) is 38.0 Å². The van der Waals surface area contributed by atoms with Crippen LogP contribution in [0.2, 0.25) is 0 Å². The highest BCUT2D eigenvalue weighted by molar-refractivity contribution is 7.89. The standard InChI is InChI=1S/C22H28FN3O3S/c1-16(2)20-6-4-5-17(3)22(20)24-21(27)15-25-11-13-26(14-12-25)30(28,29)19-9-7-18(23)8-10-19/h4-10,16H,11-15H2,1-3H3,(H,24,27). The van der Waals surface area contributed by atoms with Crippen molar-refractivity contribution in [3.8, 4) is 0 Å². The average Bonchev–Trinajstić information content (AvgIpc) is 2.70. The summed E-state index contributed by atoms with van der Waals surface area (Å²) in [6.07, 6.45) is 0. The van der Waals surface area contributed by atoms with Crippen LogP contribution in [-0.4, -0.2) is 56.3 Å². The molecule has 30 heavy (non-hydrogen) atoms. The molecule has 0 radical (unpaired) electrons. The van der Waals surface area contributed by atoms with Gasteiger partial charge >= 0.3 is 0 Å². The maximum atomic E-state index is 13.1. The number of nitrogens with one attached hydrogen (secondary N) is 1. The number of rotatable bonds is 6. The number of carbonyl (C=O) groups excluding carboxylic acids is 1. The van der Waals surface area contributed by atoms with Crippen LogP contribution in [0.5, 0.6) is 0 Å². The number of anilines is 1. The Hall–Kier alpha value is -2.29. The minimum absolute atomic E-state index is 0.0795. The minimum Gasteiger partial charge on any atom is -0.324 e. The summed E-state index contributed by atoms with van der Waals surface area (Å²) in [4.78, 5) is 14.6. The Morgan fingerprint density at radius 1 is 1.07 bits per heavy atom. The highest BCUT2D eigenvalue weighted by Crippen LogP contribution is 2.27. The van der Waals surface area contributed by atoms with Crippen molar-refractivity contribution in [1.29, 1.82) is 0 Å². The van der Waals surface area contributed by atoms with Gasteiger partial charge in [-0.3, -0.25) is 9.69 Å². The number of carbonyl (C=O) groups is 1. The molecule has 1 aliphatic heterocycles. The van der Waals surface area contributed by atoms with Crippen LogP contribution in [0.1, 0.15) is 30.9 Å². The van der Waals surface area contributed by atoms with E-state index in [-0.39, 0.29) is 30.4 Å². The summed E-state index contributed by atoms with van der Waals surface area (Å²) in [6.45, 7) is 7.84. The summed E-state index contributed by atoms with van der Waals surface area (Å²) in [5.41, 5.74) is 2.97. The number of benzene rings is 2. The average molecular weight is 434 g/mol. The first-order chi connectivity index (χ1) is 14.2. The van der Waals surface area contributed by atoms with Crippen molar-refractivity contribution in [3.05, 3.63) is 59.4 Å². The molecule has 0 spiro atoms. The summed E-state index contributed by atoms with van der Waals surface area (Å²) in [5, 5.41) is 3.03. The molecule has 0 aliphatic carbocycles. The van der Waals surface area contributed by atoms with Gasteiger partial charge in [0.1, 0.15) is 5.82 Å². The Labute approximate surface area is 177 Å². The van der Waals surface area contributed by atoms with E-state index in [4.69, 9.17) is 0 Å². The number of piperazine rings is 1. The van der Waals surface area contributed by atoms with E-state index in [0.29, 0.717) is 19.0 Å². The molecule has 3 rings (SSSR count). The fourth-order valence-electron chi connectivity index (χ4n) is 3.61. The Morgan fingerprint density at radius 3 is 2.30 bits per heavy atom. The van der Waals surface area contributed by atoms with Crippen LogP contribution in [0.3, 0.4) is 0 Å². The van der Waals surface area contributed by atoms with Gasteiger partial charge in [-0.2, -0.15) is 4.31 Å². The van der Waals surface area contributed by atoms with Crippen LogP contribution in [0.15, 0.2) is 47.4 Å². The molecule has 2 aromatic carbocycles. The third-order valence-corrected chi connectivity index (χ3v) is 7.25. The van der Waals surface area contributed by atoms with Gasteiger partial charge in [-0.25, -0.2) is 12.8 Å². The summed E-state index contributed by atoms with van der Waals surface area (Å²) < 4.78 is 39.9. The fraction of sp³-hybridized carbons (Fsp3) is 0.409. The zero-order chi connectivity index (χ0) is 21.9. The van der Waals surface area contributed by atoms with Crippen LogP contribution < -0.4 is 5.32 Å². The lowest BCUT2D eigenvalue weighted by Gasteiger charge is -2.33. The molecule has 1 N–H and O–H groups in total. The van der Waals surface area contributed by atoms with Gasteiger partial charge in [0.2, 0.25) is 15.9 Å². The first kappa shape index (κ1) is 22.4. The highest BCUT2D eigenvalue weighted by atomic mass is 32.2. The second kappa shape index (κ2) is 9.24. The zero-order valence-corrected chi connectivity index (χ0v) is 18.4. The van der Waals surface area contributed by atoms with E-state index in [2.05, 4.69) is 19.2 Å². The number of hydrogen-bond donors (Lipinski definition) is 1. The second-order valence-electron chi connectivity index (χ2n) is 7.88. The first-order valence-electron chi connectivity index (χ1n) is 10.1. The first-order valence-corrected chi connectivity index (χ1v) is 11.5. The van der Waals surface area contributed by atoms with Crippen LogP contribution >= 0.6 is 0 Å². The number of nitrogens with zero attached hydrogens (tertiary/aromatic N) is 2. The van der Waals surface area contributed by atoms with E-state index >= 15 is 0 Å². The number of aryl methyl sites for hydroxylation is 1. The molecule has 0 saturated carbocycles. The molecule has 0 unspecified atom stereocenters. The monoisotopic (exact) mass is 433 g/mol. The molecular weight excluding hydrogens is 405 g/mol. The van der Waals surface area contributed by atoms with Crippen molar-refractivity contribution in [3.63, 3.8) is 0 Å². The molecule has 8 heteroatoms. The summed E-state index contributed by atoms with van der Waals surface area (Å²) >= 11 is 0. The maximum Gasteiger partial charge on any atom is 0.243 e. The van der Waals surface area contributed by atoms with Gasteiger partial charge in [0.05, 0.1) is 11.4 Å². The Kier molecular flexibility index (Phi) is 6.90. The summed E-state index contributed by atoms with van der Waals surface area (Å²) in [6, 6.07) is 10.8. The molecular formula is C22H28FN3O3S. The van der Waals surface area contributed by atoms with Crippen LogP contribution in [-0.2, 0) is 14.8 Å². The lowest BCUT2D eigenvalue weighted by molar-refractivity contribution is -0.117. The third kappa shape index (κ3) is 5.06. The molecule has 1 amide bonds. The van der Waals surface area contributed by atoms with E-state index < -0.39 is 15.8 Å². The van der Waals surface area contributed by atoms with E-state index in [1.54, 1.807) is 0 Å². The van der Waals surface area contributed by atoms with Gasteiger partial charge in [0, 0.05) is 31.9 Å².